The fraction of sp³-hybridized carbons (Fsp3) is 0.278. The summed E-state index contributed by atoms with van der Waals surface area (Å²) in [5, 5.41) is 3.70. The molecule has 0 aliphatic rings. The van der Waals surface area contributed by atoms with Crippen molar-refractivity contribution in [3.8, 4) is 0 Å². The molecule has 0 spiro atoms. The van der Waals surface area contributed by atoms with Crippen LogP contribution in [0.15, 0.2) is 54.6 Å². The van der Waals surface area contributed by atoms with E-state index < -0.39 is 0 Å². The number of para-hydroxylation sites is 1. The third-order valence-electron chi connectivity index (χ3n) is 3.49. The molecule has 0 aromatic heterocycles. The molecule has 4 heteroatoms. The van der Waals surface area contributed by atoms with E-state index in [4.69, 9.17) is 11.6 Å². The monoisotopic (exact) mass is 316 g/mol. The molecule has 0 fully saturated rings. The van der Waals surface area contributed by atoms with Gasteiger partial charge in [-0.05, 0) is 43.2 Å². The summed E-state index contributed by atoms with van der Waals surface area (Å²) >= 11 is 5.85. The Labute approximate surface area is 136 Å². The molecule has 0 aliphatic heterocycles. The van der Waals surface area contributed by atoms with Crippen LogP contribution in [0.5, 0.6) is 0 Å². The number of anilines is 1. The van der Waals surface area contributed by atoms with Gasteiger partial charge in [0.25, 0.3) is 0 Å². The van der Waals surface area contributed by atoms with Gasteiger partial charge in [-0.1, -0.05) is 41.9 Å². The molecule has 2 aromatic rings. The standard InChI is InChI=1S/C18H21ClN2O/c1-2-21(17-6-4-3-5-7-17)14-18(22)20-13-12-15-8-10-16(19)11-9-15/h3-11H,2,12-14H2,1H3,(H,20,22). The predicted molar refractivity (Wildman–Crippen MR) is 92.5 cm³/mol. The molecule has 0 atom stereocenters. The van der Waals surface area contributed by atoms with Gasteiger partial charge in [-0.25, -0.2) is 0 Å². The molecule has 0 saturated heterocycles. The van der Waals surface area contributed by atoms with Crippen molar-refractivity contribution in [2.24, 2.45) is 0 Å². The molecular weight excluding hydrogens is 296 g/mol. The van der Waals surface area contributed by atoms with Crippen LogP contribution in [0.25, 0.3) is 0 Å². The van der Waals surface area contributed by atoms with Crippen LogP contribution < -0.4 is 10.2 Å². The fourth-order valence-corrected chi connectivity index (χ4v) is 2.38. The predicted octanol–water partition coefficient (Wildman–Crippen LogP) is 3.53. The van der Waals surface area contributed by atoms with E-state index in [9.17, 15) is 4.79 Å². The number of rotatable bonds is 7. The first-order valence-corrected chi connectivity index (χ1v) is 7.88. The Morgan fingerprint density at radius 2 is 1.77 bits per heavy atom. The Bertz CT molecular complexity index is 584. The highest BCUT2D eigenvalue weighted by Crippen LogP contribution is 2.12. The van der Waals surface area contributed by atoms with Gasteiger partial charge in [0.05, 0.1) is 6.54 Å². The molecule has 2 rings (SSSR count). The number of nitrogens with one attached hydrogen (secondary N) is 1. The van der Waals surface area contributed by atoms with E-state index in [2.05, 4.69) is 10.2 Å². The highest BCUT2D eigenvalue weighted by atomic mass is 35.5. The summed E-state index contributed by atoms with van der Waals surface area (Å²) in [6.07, 6.45) is 0.806. The largest absolute Gasteiger partial charge is 0.363 e. The van der Waals surface area contributed by atoms with E-state index in [0.29, 0.717) is 13.1 Å². The average molecular weight is 317 g/mol. The van der Waals surface area contributed by atoms with Crippen LogP contribution in [-0.4, -0.2) is 25.5 Å². The lowest BCUT2D eigenvalue weighted by Crippen LogP contribution is -2.38. The minimum absolute atomic E-state index is 0.0414. The summed E-state index contributed by atoms with van der Waals surface area (Å²) in [5.41, 5.74) is 2.23. The molecule has 2 aromatic carbocycles. The number of carbonyl (C=O) groups excluding carboxylic acids is 1. The molecule has 0 saturated carbocycles. The zero-order valence-corrected chi connectivity index (χ0v) is 13.5. The molecule has 0 unspecified atom stereocenters. The van der Waals surface area contributed by atoms with Gasteiger partial charge in [0.1, 0.15) is 0 Å². The van der Waals surface area contributed by atoms with Gasteiger partial charge in [-0.15, -0.1) is 0 Å². The minimum atomic E-state index is 0.0414. The molecule has 0 aliphatic carbocycles. The summed E-state index contributed by atoms with van der Waals surface area (Å²) in [5.74, 6) is 0.0414. The number of halogens is 1. The van der Waals surface area contributed by atoms with Gasteiger partial charge < -0.3 is 10.2 Å². The lowest BCUT2D eigenvalue weighted by Gasteiger charge is -2.22. The molecule has 22 heavy (non-hydrogen) atoms. The smallest absolute Gasteiger partial charge is 0.239 e. The number of carbonyl (C=O) groups is 1. The summed E-state index contributed by atoms with van der Waals surface area (Å²) in [6.45, 7) is 3.86. The van der Waals surface area contributed by atoms with Crippen LogP contribution in [0.2, 0.25) is 5.02 Å². The zero-order chi connectivity index (χ0) is 15.8. The van der Waals surface area contributed by atoms with Crippen molar-refractivity contribution in [2.75, 3.05) is 24.5 Å². The number of hydrogen-bond donors (Lipinski definition) is 1. The van der Waals surface area contributed by atoms with Gasteiger partial charge in [0, 0.05) is 23.8 Å². The third-order valence-corrected chi connectivity index (χ3v) is 3.74. The average Bonchev–Trinajstić information content (AvgIpc) is 2.55. The van der Waals surface area contributed by atoms with E-state index in [1.807, 2.05) is 61.5 Å². The van der Waals surface area contributed by atoms with Crippen LogP contribution in [0.3, 0.4) is 0 Å². The first kappa shape index (κ1) is 16.4. The van der Waals surface area contributed by atoms with Crippen molar-refractivity contribution in [1.82, 2.24) is 5.32 Å². The summed E-state index contributed by atoms with van der Waals surface area (Å²) in [4.78, 5) is 14.1. The summed E-state index contributed by atoms with van der Waals surface area (Å²) < 4.78 is 0. The lowest BCUT2D eigenvalue weighted by molar-refractivity contribution is -0.119. The molecule has 3 nitrogen and oxygen atoms in total. The number of benzene rings is 2. The summed E-state index contributed by atoms with van der Waals surface area (Å²) in [6, 6.07) is 17.7. The third kappa shape index (κ3) is 5.08. The van der Waals surface area contributed by atoms with Crippen molar-refractivity contribution in [3.63, 3.8) is 0 Å². The van der Waals surface area contributed by atoms with Crippen molar-refractivity contribution in [1.29, 1.82) is 0 Å². The maximum atomic E-state index is 12.1. The van der Waals surface area contributed by atoms with E-state index in [0.717, 1.165) is 23.7 Å². The highest BCUT2D eigenvalue weighted by molar-refractivity contribution is 6.30. The number of amides is 1. The normalized spacial score (nSPS) is 10.3. The molecule has 0 bridgehead atoms. The first-order chi connectivity index (χ1) is 10.7. The van der Waals surface area contributed by atoms with Crippen molar-refractivity contribution >= 4 is 23.2 Å². The van der Waals surface area contributed by atoms with E-state index in [1.165, 1.54) is 5.56 Å². The van der Waals surface area contributed by atoms with E-state index in [-0.39, 0.29) is 5.91 Å². The second-order valence-corrected chi connectivity index (χ2v) is 5.51. The Morgan fingerprint density at radius 1 is 1.09 bits per heavy atom. The topological polar surface area (TPSA) is 32.3 Å². The SMILES string of the molecule is CCN(CC(=O)NCCc1ccc(Cl)cc1)c1ccccc1. The van der Waals surface area contributed by atoms with Gasteiger partial charge in [-0.3, -0.25) is 4.79 Å². The highest BCUT2D eigenvalue weighted by Gasteiger charge is 2.09. The molecular formula is C18H21ClN2O. The van der Waals surface area contributed by atoms with Crippen LogP contribution >= 0.6 is 11.6 Å². The molecule has 0 radical (unpaired) electrons. The quantitative estimate of drug-likeness (QED) is 0.847. The Kier molecular flexibility index (Phi) is 6.28. The molecule has 116 valence electrons. The zero-order valence-electron chi connectivity index (χ0n) is 12.8. The van der Waals surface area contributed by atoms with Crippen molar-refractivity contribution in [2.45, 2.75) is 13.3 Å². The van der Waals surface area contributed by atoms with Crippen LogP contribution in [0, 0.1) is 0 Å². The maximum absolute atomic E-state index is 12.1. The number of likely N-dealkylation sites (N-methyl/N-ethyl adjacent to an activating group) is 1. The Hall–Kier alpha value is -2.00. The molecule has 1 amide bonds. The lowest BCUT2D eigenvalue weighted by atomic mass is 10.1. The minimum Gasteiger partial charge on any atom is -0.363 e. The second-order valence-electron chi connectivity index (χ2n) is 5.08. The first-order valence-electron chi connectivity index (χ1n) is 7.50. The van der Waals surface area contributed by atoms with E-state index in [1.54, 1.807) is 0 Å². The fourth-order valence-electron chi connectivity index (χ4n) is 2.25. The summed E-state index contributed by atoms with van der Waals surface area (Å²) in [7, 11) is 0. The number of nitrogens with zero attached hydrogens (tertiary/aromatic N) is 1. The number of hydrogen-bond acceptors (Lipinski definition) is 2. The molecule has 0 heterocycles. The van der Waals surface area contributed by atoms with Gasteiger partial charge in [0.2, 0.25) is 5.91 Å². The van der Waals surface area contributed by atoms with Gasteiger partial charge in [0.15, 0.2) is 0 Å². The van der Waals surface area contributed by atoms with Crippen LogP contribution in [0.1, 0.15) is 12.5 Å². The second kappa shape index (κ2) is 8.44. The van der Waals surface area contributed by atoms with Crippen LogP contribution in [0.4, 0.5) is 5.69 Å². The Balaban J connectivity index is 1.78. The Morgan fingerprint density at radius 3 is 2.41 bits per heavy atom. The van der Waals surface area contributed by atoms with Gasteiger partial charge >= 0.3 is 0 Å². The molecule has 1 N–H and O–H groups in total. The van der Waals surface area contributed by atoms with E-state index >= 15 is 0 Å². The maximum Gasteiger partial charge on any atom is 0.239 e. The van der Waals surface area contributed by atoms with Crippen LogP contribution in [-0.2, 0) is 11.2 Å². The van der Waals surface area contributed by atoms with Gasteiger partial charge in [-0.2, -0.15) is 0 Å². The van der Waals surface area contributed by atoms with Crippen molar-refractivity contribution in [3.05, 3.63) is 65.2 Å². The van der Waals surface area contributed by atoms with Crippen molar-refractivity contribution < 1.29 is 4.79 Å².